The van der Waals surface area contributed by atoms with Crippen molar-refractivity contribution in [2.45, 2.75) is 94.7 Å². The second-order valence-electron chi connectivity index (χ2n) is 11.8. The van der Waals surface area contributed by atoms with Crippen LogP contribution in [0.15, 0.2) is 35.4 Å². The fourth-order valence-electron chi connectivity index (χ4n) is 8.58. The van der Waals surface area contributed by atoms with Crippen molar-refractivity contribution in [2.75, 3.05) is 13.2 Å². The highest BCUT2D eigenvalue weighted by molar-refractivity contribution is 5.45. The molecule has 1 aromatic carbocycles. The van der Waals surface area contributed by atoms with Crippen LogP contribution in [0.1, 0.15) is 82.3 Å². The second kappa shape index (κ2) is 8.16. The fourth-order valence-corrected chi connectivity index (χ4v) is 8.58. The van der Waals surface area contributed by atoms with E-state index in [4.69, 9.17) is 9.47 Å². The number of hydrogen-bond donors (Lipinski definition) is 3. The zero-order valence-corrected chi connectivity index (χ0v) is 21.0. The van der Waals surface area contributed by atoms with E-state index in [0.717, 1.165) is 37.7 Å². The lowest BCUT2D eigenvalue weighted by molar-refractivity contribution is -0.208. The first kappa shape index (κ1) is 23.7. The lowest BCUT2D eigenvalue weighted by Gasteiger charge is -2.57. The Labute approximate surface area is 208 Å². The molecule has 1 saturated heterocycles. The molecule has 35 heavy (non-hydrogen) atoms. The van der Waals surface area contributed by atoms with Crippen LogP contribution in [0.4, 0.5) is 0 Å². The lowest BCUT2D eigenvalue weighted by atomic mass is 9.49. The van der Waals surface area contributed by atoms with Gasteiger partial charge in [-0.1, -0.05) is 42.7 Å². The molecule has 3 N–H and O–H groups in total. The predicted octanol–water partition coefficient (Wildman–Crippen LogP) is 4.20. The van der Waals surface area contributed by atoms with E-state index in [1.807, 2.05) is 19.1 Å². The zero-order chi connectivity index (χ0) is 24.5. The smallest absolute Gasteiger partial charge is 0.171 e. The number of fused-ring (bicyclic) bond motifs is 4. The Morgan fingerprint density at radius 2 is 1.77 bits per heavy atom. The molecule has 3 saturated carbocycles. The van der Waals surface area contributed by atoms with Gasteiger partial charge in [-0.05, 0) is 74.0 Å². The van der Waals surface area contributed by atoms with Gasteiger partial charge in [-0.15, -0.1) is 5.92 Å². The molecular weight excluding hydrogens is 440 g/mol. The molecule has 0 aromatic heterocycles. The summed E-state index contributed by atoms with van der Waals surface area (Å²) in [4.78, 5) is 0. The van der Waals surface area contributed by atoms with E-state index in [0.29, 0.717) is 44.3 Å². The third kappa shape index (κ3) is 3.41. The van der Waals surface area contributed by atoms with Gasteiger partial charge in [0.25, 0.3) is 0 Å². The molecule has 1 heterocycles. The van der Waals surface area contributed by atoms with Crippen molar-refractivity contribution in [1.82, 2.24) is 0 Å². The van der Waals surface area contributed by atoms with Gasteiger partial charge in [-0.25, -0.2) is 0 Å². The van der Waals surface area contributed by atoms with E-state index in [9.17, 15) is 15.3 Å². The Balaban J connectivity index is 1.48. The fraction of sp³-hybridized carbons (Fsp3) is 0.667. The Morgan fingerprint density at radius 1 is 1.03 bits per heavy atom. The molecule has 1 spiro atoms. The van der Waals surface area contributed by atoms with Crippen molar-refractivity contribution < 1.29 is 24.8 Å². The standard InChI is InChI=1S/C30H38O5/c1-3-11-29(33)13-9-24-22-8-12-28(32)19-30(34-15-16-35-30)14-10-25(28)26(22)23(17-27(24,29)2)21-6-4-20(18-31)5-7-21/h4-7,22-24,31-33H,8-10,12-19H2,1-2H3/t22?,23?,24?,27-,28+,29-/m0/s1. The molecule has 1 aromatic rings. The third-order valence-corrected chi connectivity index (χ3v) is 10.3. The Bertz CT molecular complexity index is 1090. The van der Waals surface area contributed by atoms with Crippen LogP contribution in [0, 0.1) is 29.1 Å². The maximum absolute atomic E-state index is 12.1. The maximum atomic E-state index is 12.1. The zero-order valence-electron chi connectivity index (χ0n) is 21.0. The van der Waals surface area contributed by atoms with Gasteiger partial charge in [0.2, 0.25) is 0 Å². The monoisotopic (exact) mass is 478 g/mol. The SMILES string of the molecule is CC#C[C@]1(O)CCC2C3CC[C@@]4(O)CC5(CCC4=C3C(c3ccc(CO)cc3)C[C@@]21C)OCCO5. The van der Waals surface area contributed by atoms with Crippen LogP contribution in [-0.4, -0.2) is 45.5 Å². The highest BCUT2D eigenvalue weighted by atomic mass is 16.7. The van der Waals surface area contributed by atoms with Crippen molar-refractivity contribution in [3.63, 3.8) is 0 Å². The van der Waals surface area contributed by atoms with Crippen LogP contribution < -0.4 is 0 Å². The maximum Gasteiger partial charge on any atom is 0.171 e. The van der Waals surface area contributed by atoms with Crippen LogP contribution >= 0.6 is 0 Å². The van der Waals surface area contributed by atoms with Gasteiger partial charge in [-0.2, -0.15) is 0 Å². The highest BCUT2D eigenvalue weighted by Gasteiger charge is 2.64. The minimum absolute atomic E-state index is 0.0228. The van der Waals surface area contributed by atoms with Crippen LogP contribution in [0.3, 0.4) is 0 Å². The van der Waals surface area contributed by atoms with Crippen LogP contribution in [0.5, 0.6) is 0 Å². The first-order valence-electron chi connectivity index (χ1n) is 13.4. The molecule has 5 heteroatoms. The lowest BCUT2D eigenvalue weighted by Crippen LogP contribution is -2.55. The van der Waals surface area contributed by atoms with E-state index in [1.165, 1.54) is 16.7 Å². The number of hydrogen-bond acceptors (Lipinski definition) is 5. The number of rotatable bonds is 2. The first-order chi connectivity index (χ1) is 16.8. The largest absolute Gasteiger partial charge is 0.392 e. The molecule has 6 atom stereocenters. The van der Waals surface area contributed by atoms with E-state index in [-0.39, 0.29) is 17.9 Å². The van der Waals surface area contributed by atoms with Crippen molar-refractivity contribution in [3.05, 3.63) is 46.5 Å². The molecule has 0 bridgehead atoms. The number of allylic oxidation sites excluding steroid dienone is 1. The molecule has 6 rings (SSSR count). The molecule has 5 nitrogen and oxygen atoms in total. The van der Waals surface area contributed by atoms with Crippen LogP contribution in [0.25, 0.3) is 0 Å². The molecule has 4 fully saturated rings. The summed E-state index contributed by atoms with van der Waals surface area (Å²) in [5.41, 5.74) is 2.51. The van der Waals surface area contributed by atoms with Crippen LogP contribution in [-0.2, 0) is 16.1 Å². The van der Waals surface area contributed by atoms with Gasteiger partial charge in [0.15, 0.2) is 5.79 Å². The molecule has 4 aliphatic carbocycles. The molecular formula is C30H38O5. The molecule has 3 unspecified atom stereocenters. The first-order valence-corrected chi connectivity index (χ1v) is 13.4. The quantitative estimate of drug-likeness (QED) is 0.439. The van der Waals surface area contributed by atoms with E-state index in [2.05, 4.69) is 30.9 Å². The second-order valence-corrected chi connectivity index (χ2v) is 11.8. The molecule has 1 aliphatic heterocycles. The highest BCUT2D eigenvalue weighted by Crippen LogP contribution is 2.67. The van der Waals surface area contributed by atoms with Crippen LogP contribution in [0.2, 0.25) is 0 Å². The average Bonchev–Trinajstić information content (AvgIpc) is 3.40. The Morgan fingerprint density at radius 3 is 2.46 bits per heavy atom. The molecule has 5 aliphatic rings. The summed E-state index contributed by atoms with van der Waals surface area (Å²) in [6, 6.07) is 8.26. The number of ether oxygens (including phenoxy) is 2. The molecule has 0 amide bonds. The van der Waals surface area contributed by atoms with Gasteiger partial charge in [-0.3, -0.25) is 0 Å². The van der Waals surface area contributed by atoms with Crippen molar-refractivity contribution in [2.24, 2.45) is 17.3 Å². The third-order valence-electron chi connectivity index (χ3n) is 10.3. The summed E-state index contributed by atoms with van der Waals surface area (Å²) in [5.74, 6) is 6.39. The average molecular weight is 479 g/mol. The number of benzene rings is 1. The normalized spacial score (nSPS) is 41.7. The van der Waals surface area contributed by atoms with E-state index < -0.39 is 17.0 Å². The minimum Gasteiger partial charge on any atom is -0.392 e. The molecule has 188 valence electrons. The van der Waals surface area contributed by atoms with E-state index in [1.54, 1.807) is 0 Å². The Hall–Kier alpha value is -1.68. The van der Waals surface area contributed by atoms with Crippen molar-refractivity contribution in [3.8, 4) is 11.8 Å². The summed E-state index contributed by atoms with van der Waals surface area (Å²) in [7, 11) is 0. The Kier molecular flexibility index (Phi) is 5.53. The van der Waals surface area contributed by atoms with Crippen molar-refractivity contribution in [1.29, 1.82) is 0 Å². The van der Waals surface area contributed by atoms with E-state index >= 15 is 0 Å². The topological polar surface area (TPSA) is 79.2 Å². The van der Waals surface area contributed by atoms with Gasteiger partial charge in [0.05, 0.1) is 25.4 Å². The van der Waals surface area contributed by atoms with Gasteiger partial charge in [0, 0.05) is 24.2 Å². The predicted molar refractivity (Wildman–Crippen MR) is 132 cm³/mol. The minimum atomic E-state index is -0.984. The summed E-state index contributed by atoms with van der Waals surface area (Å²) in [6.07, 6.45) is 6.19. The summed E-state index contributed by atoms with van der Waals surface area (Å²) >= 11 is 0. The number of aliphatic hydroxyl groups is 3. The van der Waals surface area contributed by atoms with Gasteiger partial charge >= 0.3 is 0 Å². The van der Waals surface area contributed by atoms with Gasteiger partial charge < -0.3 is 24.8 Å². The summed E-state index contributed by atoms with van der Waals surface area (Å²) in [5, 5.41) is 33.5. The molecule has 0 radical (unpaired) electrons. The number of aliphatic hydroxyl groups excluding tert-OH is 1. The van der Waals surface area contributed by atoms with Gasteiger partial charge in [0.1, 0.15) is 5.60 Å². The summed E-state index contributed by atoms with van der Waals surface area (Å²) < 4.78 is 12.1. The van der Waals surface area contributed by atoms with Crippen molar-refractivity contribution >= 4 is 0 Å². The summed E-state index contributed by atoms with van der Waals surface area (Å²) in [6.45, 7) is 5.29.